The van der Waals surface area contributed by atoms with Crippen molar-refractivity contribution >= 4 is 40.8 Å². The van der Waals surface area contributed by atoms with E-state index in [-0.39, 0.29) is 22.8 Å². The summed E-state index contributed by atoms with van der Waals surface area (Å²) in [5, 5.41) is 13.8. The Kier molecular flexibility index (Phi) is 6.84. The van der Waals surface area contributed by atoms with E-state index >= 15 is 0 Å². The third-order valence-electron chi connectivity index (χ3n) is 4.99. The zero-order valence-corrected chi connectivity index (χ0v) is 19.0. The van der Waals surface area contributed by atoms with Crippen LogP contribution >= 0.6 is 11.8 Å². The van der Waals surface area contributed by atoms with Gasteiger partial charge in [0, 0.05) is 0 Å². The quantitative estimate of drug-likeness (QED) is 0.184. The first-order chi connectivity index (χ1) is 16.4. The molecule has 3 aromatic carbocycles. The maximum atomic E-state index is 13.3. The third-order valence-corrected chi connectivity index (χ3v) is 5.93. The van der Waals surface area contributed by atoms with Crippen molar-refractivity contribution in [2.45, 2.75) is 12.1 Å². The summed E-state index contributed by atoms with van der Waals surface area (Å²) >= 11 is 1.14. The second kappa shape index (κ2) is 10.1. The topological polar surface area (TPSA) is 114 Å². The summed E-state index contributed by atoms with van der Waals surface area (Å²) in [6, 6.07) is 20.7. The predicted octanol–water partition coefficient (Wildman–Crippen LogP) is 3.63. The number of nitrogens with zero attached hydrogens (tertiary/aromatic N) is 3. The van der Waals surface area contributed by atoms with Crippen LogP contribution in [0.25, 0.3) is 16.6 Å². The number of thioether (sulfide) groups is 1. The molecule has 0 radical (unpaired) electrons. The molecule has 0 saturated carbocycles. The highest BCUT2D eigenvalue weighted by Gasteiger charge is 2.15. The van der Waals surface area contributed by atoms with Crippen molar-refractivity contribution in [2.75, 3.05) is 5.75 Å². The number of carboxylic acid groups (broad SMARTS) is 1. The summed E-state index contributed by atoms with van der Waals surface area (Å²) in [5.41, 5.74) is 5.22. The van der Waals surface area contributed by atoms with Gasteiger partial charge in [-0.25, -0.2) is 15.2 Å². The number of para-hydroxylation sites is 2. The summed E-state index contributed by atoms with van der Waals surface area (Å²) in [5.74, 6) is -1.39. The zero-order chi connectivity index (χ0) is 24.1. The van der Waals surface area contributed by atoms with Gasteiger partial charge in [-0.2, -0.15) is 5.10 Å². The number of aromatic nitrogens is 2. The van der Waals surface area contributed by atoms with Crippen molar-refractivity contribution in [3.8, 4) is 5.69 Å². The van der Waals surface area contributed by atoms with E-state index in [9.17, 15) is 14.4 Å². The van der Waals surface area contributed by atoms with Gasteiger partial charge in [-0.3, -0.25) is 14.2 Å². The summed E-state index contributed by atoms with van der Waals surface area (Å²) in [7, 11) is 0. The predicted molar refractivity (Wildman–Crippen MR) is 132 cm³/mol. The molecule has 1 aromatic heterocycles. The molecule has 1 heterocycles. The summed E-state index contributed by atoms with van der Waals surface area (Å²) < 4.78 is 1.53. The number of hydrogen-bond acceptors (Lipinski definition) is 6. The van der Waals surface area contributed by atoms with E-state index in [2.05, 4.69) is 15.5 Å². The van der Waals surface area contributed by atoms with Gasteiger partial charge in [0.05, 0.1) is 34.1 Å². The Balaban J connectivity index is 1.53. The molecule has 0 unspecified atom stereocenters. The first kappa shape index (κ1) is 22.9. The molecule has 0 atom stereocenters. The number of carboxylic acids is 1. The Morgan fingerprint density at radius 2 is 1.76 bits per heavy atom. The van der Waals surface area contributed by atoms with Crippen LogP contribution in [0.5, 0.6) is 0 Å². The van der Waals surface area contributed by atoms with Gasteiger partial charge in [0.1, 0.15) is 0 Å². The van der Waals surface area contributed by atoms with Crippen LogP contribution in [-0.2, 0) is 4.79 Å². The number of nitrogens with one attached hydrogen (secondary N) is 1. The fourth-order valence-electron chi connectivity index (χ4n) is 3.29. The average molecular weight is 473 g/mol. The van der Waals surface area contributed by atoms with Crippen molar-refractivity contribution in [1.82, 2.24) is 15.0 Å². The smallest absolute Gasteiger partial charge is 0.335 e. The summed E-state index contributed by atoms with van der Waals surface area (Å²) in [6.07, 6.45) is 1.42. The lowest BCUT2D eigenvalue weighted by atomic mass is 10.1. The van der Waals surface area contributed by atoms with E-state index < -0.39 is 5.97 Å². The number of benzene rings is 3. The van der Waals surface area contributed by atoms with E-state index in [0.717, 1.165) is 17.3 Å². The lowest BCUT2D eigenvalue weighted by Crippen LogP contribution is -2.24. The summed E-state index contributed by atoms with van der Waals surface area (Å²) in [6.45, 7) is 1.91. The number of rotatable bonds is 7. The molecule has 34 heavy (non-hydrogen) atoms. The van der Waals surface area contributed by atoms with E-state index in [1.165, 1.54) is 22.9 Å². The molecule has 8 nitrogen and oxygen atoms in total. The van der Waals surface area contributed by atoms with Crippen LogP contribution in [0.15, 0.2) is 87.8 Å². The molecule has 0 aliphatic rings. The van der Waals surface area contributed by atoms with Crippen molar-refractivity contribution in [1.29, 1.82) is 0 Å². The molecule has 0 bridgehead atoms. The van der Waals surface area contributed by atoms with Gasteiger partial charge < -0.3 is 5.11 Å². The van der Waals surface area contributed by atoms with Crippen LogP contribution in [0.2, 0.25) is 0 Å². The number of fused-ring (bicyclic) bond motifs is 1. The van der Waals surface area contributed by atoms with Gasteiger partial charge in [0.2, 0.25) is 0 Å². The number of carbonyl (C=O) groups excluding carboxylic acids is 1. The molecule has 9 heteroatoms. The molecule has 170 valence electrons. The fourth-order valence-corrected chi connectivity index (χ4v) is 4.09. The Morgan fingerprint density at radius 1 is 1.06 bits per heavy atom. The first-order valence-electron chi connectivity index (χ1n) is 10.3. The van der Waals surface area contributed by atoms with Crippen molar-refractivity contribution in [2.24, 2.45) is 5.10 Å². The van der Waals surface area contributed by atoms with Gasteiger partial charge in [0.25, 0.3) is 11.5 Å². The average Bonchev–Trinajstić information content (AvgIpc) is 2.84. The Morgan fingerprint density at radius 3 is 2.50 bits per heavy atom. The van der Waals surface area contributed by atoms with Crippen LogP contribution in [0.4, 0.5) is 0 Å². The second-order valence-corrected chi connectivity index (χ2v) is 8.29. The Bertz CT molecular complexity index is 1460. The molecule has 0 aliphatic carbocycles. The highest BCUT2D eigenvalue weighted by molar-refractivity contribution is 7.99. The highest BCUT2D eigenvalue weighted by Crippen LogP contribution is 2.23. The minimum absolute atomic E-state index is 0.00798. The van der Waals surface area contributed by atoms with E-state index in [1.54, 1.807) is 30.3 Å². The monoisotopic (exact) mass is 472 g/mol. The molecule has 0 fully saturated rings. The van der Waals surface area contributed by atoms with Crippen molar-refractivity contribution in [3.05, 3.63) is 99.8 Å². The SMILES string of the molecule is Cc1ccccc1-n1c(SCC(=O)N/N=C\c2ccc(C(=O)O)cc2)nc2ccccc2c1=O. The molecular formula is C25H20N4O4S. The van der Waals surface area contributed by atoms with Crippen LogP contribution in [0.3, 0.4) is 0 Å². The van der Waals surface area contributed by atoms with Gasteiger partial charge in [-0.05, 0) is 48.4 Å². The van der Waals surface area contributed by atoms with Gasteiger partial charge in [-0.15, -0.1) is 0 Å². The van der Waals surface area contributed by atoms with Crippen LogP contribution in [-0.4, -0.2) is 38.5 Å². The van der Waals surface area contributed by atoms with Crippen molar-refractivity contribution in [3.63, 3.8) is 0 Å². The molecule has 4 aromatic rings. The number of amides is 1. The van der Waals surface area contributed by atoms with Gasteiger partial charge in [-0.1, -0.05) is 54.2 Å². The number of aromatic carboxylic acids is 1. The van der Waals surface area contributed by atoms with Crippen LogP contribution in [0.1, 0.15) is 21.5 Å². The van der Waals surface area contributed by atoms with E-state index in [0.29, 0.717) is 27.3 Å². The molecule has 0 aliphatic heterocycles. The number of carbonyl (C=O) groups is 2. The van der Waals surface area contributed by atoms with Gasteiger partial charge in [0.15, 0.2) is 5.16 Å². The van der Waals surface area contributed by atoms with Crippen LogP contribution in [0, 0.1) is 6.92 Å². The maximum absolute atomic E-state index is 13.3. The number of hydrazone groups is 1. The molecule has 0 spiro atoms. The Labute approximate surface area is 199 Å². The standard InChI is InChI=1S/C25H20N4O4S/c1-16-6-2-5-9-21(16)29-23(31)19-7-3-4-8-20(19)27-25(29)34-15-22(30)28-26-14-17-10-12-18(13-11-17)24(32)33/h2-14H,15H2,1H3,(H,28,30)(H,32,33)/b26-14-. The largest absolute Gasteiger partial charge is 0.478 e. The zero-order valence-electron chi connectivity index (χ0n) is 18.1. The summed E-state index contributed by atoms with van der Waals surface area (Å²) in [4.78, 5) is 41.2. The third kappa shape index (κ3) is 5.05. The Hall–Kier alpha value is -4.24. The van der Waals surface area contributed by atoms with Gasteiger partial charge >= 0.3 is 5.97 Å². The minimum atomic E-state index is -1.01. The maximum Gasteiger partial charge on any atom is 0.335 e. The second-order valence-electron chi connectivity index (χ2n) is 7.35. The fraction of sp³-hybridized carbons (Fsp3) is 0.0800. The molecule has 2 N–H and O–H groups in total. The first-order valence-corrected chi connectivity index (χ1v) is 11.3. The molecule has 0 saturated heterocycles. The molecule has 1 amide bonds. The highest BCUT2D eigenvalue weighted by atomic mass is 32.2. The lowest BCUT2D eigenvalue weighted by molar-refractivity contribution is -0.118. The van der Waals surface area contributed by atoms with Crippen molar-refractivity contribution < 1.29 is 14.7 Å². The van der Waals surface area contributed by atoms with Crippen LogP contribution < -0.4 is 11.0 Å². The molecular weight excluding hydrogens is 452 g/mol. The lowest BCUT2D eigenvalue weighted by Gasteiger charge is -2.14. The van der Waals surface area contributed by atoms with E-state index in [4.69, 9.17) is 5.11 Å². The molecule has 4 rings (SSSR count). The number of aryl methyl sites for hydroxylation is 1. The minimum Gasteiger partial charge on any atom is -0.478 e. The number of hydrogen-bond donors (Lipinski definition) is 2. The van der Waals surface area contributed by atoms with E-state index in [1.807, 2.05) is 37.3 Å². The normalized spacial score (nSPS) is 11.1.